The van der Waals surface area contributed by atoms with E-state index in [1.54, 1.807) is 11.3 Å². The first-order valence-electron chi connectivity index (χ1n) is 7.70. The van der Waals surface area contributed by atoms with E-state index in [9.17, 15) is 4.79 Å². The Morgan fingerprint density at radius 2 is 2.00 bits per heavy atom. The summed E-state index contributed by atoms with van der Waals surface area (Å²) < 4.78 is 1.23. The van der Waals surface area contributed by atoms with Crippen molar-refractivity contribution in [3.05, 3.63) is 23.8 Å². The molecule has 0 spiro atoms. The van der Waals surface area contributed by atoms with Gasteiger partial charge in [0, 0.05) is 32.2 Å². The van der Waals surface area contributed by atoms with Gasteiger partial charge in [-0.2, -0.15) is 0 Å². The van der Waals surface area contributed by atoms with Crippen LogP contribution in [0.3, 0.4) is 0 Å². The van der Waals surface area contributed by atoms with Crippen LogP contribution in [0.25, 0.3) is 10.2 Å². The van der Waals surface area contributed by atoms with Gasteiger partial charge >= 0.3 is 6.03 Å². The molecule has 1 aliphatic heterocycles. The second-order valence-electron chi connectivity index (χ2n) is 6.05. The van der Waals surface area contributed by atoms with Gasteiger partial charge in [-0.25, -0.2) is 9.78 Å². The fourth-order valence-corrected chi connectivity index (χ4v) is 3.71. The number of urea groups is 1. The quantitative estimate of drug-likeness (QED) is 0.926. The summed E-state index contributed by atoms with van der Waals surface area (Å²) in [6, 6.07) is 6.58. The molecule has 1 N–H and O–H groups in total. The second-order valence-corrected chi connectivity index (χ2v) is 7.06. The topological polar surface area (TPSA) is 48.5 Å². The van der Waals surface area contributed by atoms with E-state index in [2.05, 4.69) is 35.3 Å². The summed E-state index contributed by atoms with van der Waals surface area (Å²) in [6.45, 7) is 9.23. The van der Waals surface area contributed by atoms with Gasteiger partial charge < -0.3 is 15.1 Å². The molecule has 6 heteroatoms. The highest BCUT2D eigenvalue weighted by Crippen LogP contribution is 2.29. The van der Waals surface area contributed by atoms with Crippen molar-refractivity contribution in [1.29, 1.82) is 0 Å². The van der Waals surface area contributed by atoms with Crippen LogP contribution in [0, 0.1) is 6.92 Å². The molecule has 2 heterocycles. The number of hydrogen-bond acceptors (Lipinski definition) is 4. The van der Waals surface area contributed by atoms with Crippen LogP contribution in [0.15, 0.2) is 18.2 Å². The lowest BCUT2D eigenvalue weighted by atomic mass is 10.2. The molecule has 5 nitrogen and oxygen atoms in total. The lowest BCUT2D eigenvalue weighted by Gasteiger charge is -2.34. The minimum atomic E-state index is 0.0366. The molecule has 0 unspecified atom stereocenters. The largest absolute Gasteiger partial charge is 0.345 e. The molecule has 1 aliphatic rings. The smallest absolute Gasteiger partial charge is 0.317 e. The highest BCUT2D eigenvalue weighted by molar-refractivity contribution is 7.22. The van der Waals surface area contributed by atoms with Crippen LogP contribution in [0.5, 0.6) is 0 Å². The Morgan fingerprint density at radius 1 is 1.27 bits per heavy atom. The maximum absolute atomic E-state index is 12.0. The van der Waals surface area contributed by atoms with Crippen LogP contribution < -0.4 is 10.2 Å². The Morgan fingerprint density at radius 3 is 2.68 bits per heavy atom. The number of anilines is 1. The van der Waals surface area contributed by atoms with E-state index in [0.717, 1.165) is 36.8 Å². The zero-order valence-corrected chi connectivity index (χ0v) is 14.1. The molecule has 0 saturated carbocycles. The number of carbonyl (C=O) groups is 1. The van der Waals surface area contributed by atoms with E-state index < -0.39 is 0 Å². The van der Waals surface area contributed by atoms with Gasteiger partial charge in [0.25, 0.3) is 0 Å². The zero-order chi connectivity index (χ0) is 15.7. The number of fused-ring (bicyclic) bond motifs is 1. The third-order valence-electron chi connectivity index (χ3n) is 3.78. The van der Waals surface area contributed by atoms with Gasteiger partial charge in [-0.3, -0.25) is 0 Å². The average Bonchev–Trinajstić information content (AvgIpc) is 2.89. The molecule has 1 fully saturated rings. The van der Waals surface area contributed by atoms with Crippen LogP contribution >= 0.6 is 11.3 Å². The maximum atomic E-state index is 12.0. The van der Waals surface area contributed by atoms with E-state index in [4.69, 9.17) is 4.98 Å². The Kier molecular flexibility index (Phi) is 4.20. The predicted octanol–water partition coefficient (Wildman–Crippen LogP) is 2.84. The molecular formula is C16H22N4OS. The Hall–Kier alpha value is -1.82. The van der Waals surface area contributed by atoms with E-state index in [-0.39, 0.29) is 12.1 Å². The predicted molar refractivity (Wildman–Crippen MR) is 91.8 cm³/mol. The summed E-state index contributed by atoms with van der Waals surface area (Å²) in [4.78, 5) is 20.9. The number of carbonyl (C=O) groups excluding carboxylic acids is 1. The molecule has 2 amide bonds. The molecule has 1 saturated heterocycles. The van der Waals surface area contributed by atoms with Crippen LogP contribution in [-0.4, -0.2) is 48.1 Å². The average molecular weight is 318 g/mol. The lowest BCUT2D eigenvalue weighted by Crippen LogP contribution is -2.52. The number of nitrogens with zero attached hydrogens (tertiary/aromatic N) is 3. The summed E-state index contributed by atoms with van der Waals surface area (Å²) in [5.41, 5.74) is 2.32. The molecule has 0 atom stereocenters. The fourth-order valence-electron chi connectivity index (χ4n) is 2.59. The number of benzene rings is 1. The number of thiazole rings is 1. The Labute approximate surface area is 134 Å². The lowest BCUT2D eigenvalue weighted by molar-refractivity contribution is 0.192. The number of rotatable bonds is 2. The van der Waals surface area contributed by atoms with Gasteiger partial charge in [0.1, 0.15) is 0 Å². The number of aryl methyl sites for hydroxylation is 1. The van der Waals surface area contributed by atoms with Crippen LogP contribution in [0.1, 0.15) is 19.4 Å². The van der Waals surface area contributed by atoms with Crippen molar-refractivity contribution in [2.45, 2.75) is 26.8 Å². The van der Waals surface area contributed by atoms with E-state index in [1.807, 2.05) is 18.7 Å². The monoisotopic (exact) mass is 318 g/mol. The van der Waals surface area contributed by atoms with Gasteiger partial charge in [0.05, 0.1) is 10.2 Å². The third-order valence-corrected chi connectivity index (χ3v) is 4.86. The highest BCUT2D eigenvalue weighted by atomic mass is 32.1. The number of hydrogen-bond donors (Lipinski definition) is 1. The minimum Gasteiger partial charge on any atom is -0.345 e. The summed E-state index contributed by atoms with van der Waals surface area (Å²) in [6.07, 6.45) is 0. The summed E-state index contributed by atoms with van der Waals surface area (Å²) in [5.74, 6) is 0. The second kappa shape index (κ2) is 6.12. The van der Waals surface area contributed by atoms with Gasteiger partial charge in [0.15, 0.2) is 5.13 Å². The first-order valence-corrected chi connectivity index (χ1v) is 8.52. The SMILES string of the molecule is Cc1ccc2nc(N3CCN(C(=O)NC(C)C)CC3)sc2c1. The summed E-state index contributed by atoms with van der Waals surface area (Å²) >= 11 is 1.73. The van der Waals surface area contributed by atoms with Crippen LogP contribution in [0.2, 0.25) is 0 Å². The van der Waals surface area contributed by atoms with Gasteiger partial charge in [0.2, 0.25) is 0 Å². The Balaban J connectivity index is 1.66. The van der Waals surface area contributed by atoms with Crippen molar-refractivity contribution < 1.29 is 4.79 Å². The molecule has 0 aliphatic carbocycles. The Bertz CT molecular complexity index is 674. The standard InChI is InChI=1S/C16H22N4OS/c1-11(2)17-15(21)19-6-8-20(9-7-19)16-18-13-5-4-12(3)10-14(13)22-16/h4-5,10-11H,6-9H2,1-3H3,(H,17,21). The highest BCUT2D eigenvalue weighted by Gasteiger charge is 2.23. The molecule has 22 heavy (non-hydrogen) atoms. The van der Waals surface area contributed by atoms with Gasteiger partial charge in [-0.1, -0.05) is 17.4 Å². The van der Waals surface area contributed by atoms with Crippen molar-refractivity contribution in [3.63, 3.8) is 0 Å². The molecule has 118 valence electrons. The number of amides is 2. The molecule has 2 aromatic rings. The van der Waals surface area contributed by atoms with Crippen molar-refractivity contribution in [2.75, 3.05) is 31.1 Å². The molecular weight excluding hydrogens is 296 g/mol. The van der Waals surface area contributed by atoms with E-state index in [1.165, 1.54) is 10.3 Å². The number of piperazine rings is 1. The fraction of sp³-hybridized carbons (Fsp3) is 0.500. The van der Waals surface area contributed by atoms with Gasteiger partial charge in [-0.15, -0.1) is 0 Å². The zero-order valence-electron chi connectivity index (χ0n) is 13.3. The van der Waals surface area contributed by atoms with Crippen molar-refractivity contribution in [1.82, 2.24) is 15.2 Å². The first kappa shape index (κ1) is 15.1. The minimum absolute atomic E-state index is 0.0366. The van der Waals surface area contributed by atoms with Crippen molar-refractivity contribution in [3.8, 4) is 0 Å². The van der Waals surface area contributed by atoms with Crippen molar-refractivity contribution >= 4 is 32.7 Å². The summed E-state index contributed by atoms with van der Waals surface area (Å²) in [7, 11) is 0. The third kappa shape index (κ3) is 3.16. The number of nitrogens with one attached hydrogen (secondary N) is 1. The molecule has 3 rings (SSSR count). The van der Waals surface area contributed by atoms with E-state index in [0.29, 0.717) is 0 Å². The van der Waals surface area contributed by atoms with E-state index >= 15 is 0 Å². The van der Waals surface area contributed by atoms with Gasteiger partial charge in [-0.05, 0) is 38.5 Å². The number of aromatic nitrogens is 1. The van der Waals surface area contributed by atoms with Crippen LogP contribution in [-0.2, 0) is 0 Å². The molecule has 0 radical (unpaired) electrons. The molecule has 1 aromatic heterocycles. The van der Waals surface area contributed by atoms with Crippen molar-refractivity contribution in [2.24, 2.45) is 0 Å². The maximum Gasteiger partial charge on any atom is 0.317 e. The van der Waals surface area contributed by atoms with Crippen LogP contribution in [0.4, 0.5) is 9.93 Å². The molecule has 0 bridgehead atoms. The first-order chi connectivity index (χ1) is 10.5. The molecule has 1 aromatic carbocycles. The normalized spacial score (nSPS) is 15.6. The summed E-state index contributed by atoms with van der Waals surface area (Å²) in [5, 5.41) is 4.01.